The van der Waals surface area contributed by atoms with Crippen LogP contribution < -0.4 is 0 Å². The van der Waals surface area contributed by atoms with Crippen LogP contribution in [-0.4, -0.2) is 35.8 Å². The molecule has 0 unspecified atom stereocenters. The number of aromatic hydroxyl groups is 2. The van der Waals surface area contributed by atoms with Crippen molar-refractivity contribution in [1.82, 2.24) is 4.90 Å². The van der Waals surface area contributed by atoms with Crippen LogP contribution in [0, 0.1) is 0 Å². The van der Waals surface area contributed by atoms with Gasteiger partial charge in [0.25, 0.3) is 0 Å². The van der Waals surface area contributed by atoms with Gasteiger partial charge in [-0.05, 0) is 57.7 Å². The van der Waals surface area contributed by atoms with Gasteiger partial charge in [0, 0.05) is 17.1 Å². The third-order valence-electron chi connectivity index (χ3n) is 5.21. The summed E-state index contributed by atoms with van der Waals surface area (Å²) < 4.78 is 0. The van der Waals surface area contributed by atoms with Crippen molar-refractivity contribution < 1.29 is 27.3 Å². The first-order valence-electron chi connectivity index (χ1n) is 10.9. The molecule has 0 aliphatic rings. The Labute approximate surface area is 207 Å². The van der Waals surface area contributed by atoms with Crippen molar-refractivity contribution in [3.05, 3.63) is 120 Å². The van der Waals surface area contributed by atoms with E-state index in [1.807, 2.05) is 54.6 Å². The fraction of sp³-hybridized carbons (Fsp3) is 0.172. The largest absolute Gasteiger partial charge is 0.748 e. The molecule has 4 aromatic rings. The maximum atomic E-state index is 9.72. The minimum Gasteiger partial charge on any atom is -0.748 e. The van der Waals surface area contributed by atoms with Crippen molar-refractivity contribution in [3.8, 4) is 11.5 Å². The normalized spacial score (nSPS) is 10.2. The molecule has 0 aliphatic carbocycles. The van der Waals surface area contributed by atoms with Gasteiger partial charge in [-0.25, -0.2) is 0 Å². The van der Waals surface area contributed by atoms with E-state index in [-0.39, 0.29) is 28.6 Å². The molecule has 0 aliphatic heterocycles. The van der Waals surface area contributed by atoms with Crippen LogP contribution in [0.1, 0.15) is 29.5 Å². The summed E-state index contributed by atoms with van der Waals surface area (Å²) in [6.07, 6.45) is 1.99. The Kier molecular flexibility index (Phi) is 10.7. The molecule has 0 heterocycles. The fourth-order valence-electron chi connectivity index (χ4n) is 3.65. The average Bonchev–Trinajstić information content (AvgIpc) is 3.52. The van der Waals surface area contributed by atoms with Crippen LogP contribution in [0.25, 0.3) is 11.1 Å². The van der Waals surface area contributed by atoms with Gasteiger partial charge in [0.15, 0.2) is 0 Å². The summed E-state index contributed by atoms with van der Waals surface area (Å²) in [4.78, 5) is 2.20. The fourth-order valence-corrected chi connectivity index (χ4v) is 3.65. The molecule has 2 N–H and O–H groups in total. The van der Waals surface area contributed by atoms with Crippen LogP contribution >= 0.6 is 0 Å². The quantitative estimate of drug-likeness (QED) is 0.233. The number of nitrogens with zero attached hydrogens (tertiary/aromatic N) is 1. The van der Waals surface area contributed by atoms with E-state index in [4.69, 9.17) is 0 Å². The second-order valence-corrected chi connectivity index (χ2v) is 7.99. The van der Waals surface area contributed by atoms with Gasteiger partial charge >= 0.3 is 0 Å². The second-order valence-electron chi connectivity index (χ2n) is 7.99. The summed E-state index contributed by atoms with van der Waals surface area (Å²) >= 11 is 0. The van der Waals surface area contributed by atoms with E-state index in [1.54, 1.807) is 24.3 Å². The molecule has 3 nitrogen and oxygen atoms in total. The van der Waals surface area contributed by atoms with Gasteiger partial charge in [-0.3, -0.25) is 0 Å². The maximum Gasteiger partial charge on any atom is 0.115 e. The van der Waals surface area contributed by atoms with E-state index in [1.165, 1.54) is 11.1 Å². The number of hydrogen-bond acceptors (Lipinski definition) is 3. The van der Waals surface area contributed by atoms with E-state index in [0.717, 1.165) is 36.1 Å². The molecule has 4 aromatic carbocycles. The van der Waals surface area contributed by atoms with Gasteiger partial charge in [0.2, 0.25) is 0 Å². The zero-order chi connectivity index (χ0) is 22.8. The molecule has 4 rings (SSSR count). The van der Waals surface area contributed by atoms with Gasteiger partial charge in [0.1, 0.15) is 11.5 Å². The molecule has 0 radical (unpaired) electrons. The molecule has 0 bridgehead atoms. The summed E-state index contributed by atoms with van der Waals surface area (Å²) in [7, 11) is 4.18. The van der Waals surface area contributed by atoms with Crippen LogP contribution in [0.2, 0.25) is 0 Å². The van der Waals surface area contributed by atoms with Crippen molar-refractivity contribution in [2.24, 2.45) is 0 Å². The van der Waals surface area contributed by atoms with Gasteiger partial charge in [0.05, 0.1) is 0 Å². The standard InChI is InChI=1S/C24H26NO2.C5H5.Fe/c1-25(2)17-5-8-23(18-6-3-4-7-18)24(19-9-13-21(26)14-10-19)20-11-15-22(27)16-12-20;1-2-4-5-3-1;/h3-4,6-7,9-16,26-27H,5,8,17H2,1-2H3;1-5H;/q-1;-5;. The summed E-state index contributed by atoms with van der Waals surface area (Å²) in [6.45, 7) is 1.02. The van der Waals surface area contributed by atoms with Crippen molar-refractivity contribution in [3.63, 3.8) is 0 Å². The van der Waals surface area contributed by atoms with Gasteiger partial charge < -0.3 is 45.4 Å². The molecule has 0 fully saturated rings. The Morgan fingerprint density at radius 2 is 1.18 bits per heavy atom. The zero-order valence-electron chi connectivity index (χ0n) is 19.1. The SMILES string of the molecule is CN(C)CCCC(=C(c1ccc(O)cc1)c1ccc(O)cc1)[c-]1cccc1.[Fe].[cH-]1[cH-][cH-][cH-][cH-]1. The average molecular weight is 481 g/mol. The molecule has 0 saturated carbocycles. The minimum absolute atomic E-state index is 0. The third-order valence-corrected chi connectivity index (χ3v) is 5.21. The first-order valence-corrected chi connectivity index (χ1v) is 10.9. The summed E-state index contributed by atoms with van der Waals surface area (Å²) in [5, 5.41) is 19.4. The molecule has 0 spiro atoms. The minimum atomic E-state index is 0. The number of hydrogen-bond donors (Lipinski definition) is 2. The van der Waals surface area contributed by atoms with Crippen LogP contribution in [0.5, 0.6) is 11.5 Å². The smallest absolute Gasteiger partial charge is 0.115 e. The maximum absolute atomic E-state index is 9.72. The van der Waals surface area contributed by atoms with Crippen molar-refractivity contribution in [2.75, 3.05) is 20.6 Å². The Morgan fingerprint density at radius 1 is 0.758 bits per heavy atom. The molecule has 33 heavy (non-hydrogen) atoms. The van der Waals surface area contributed by atoms with Gasteiger partial charge in [-0.15, -0.1) is 23.3 Å². The van der Waals surface area contributed by atoms with Crippen LogP contribution in [-0.2, 0) is 17.1 Å². The summed E-state index contributed by atoms with van der Waals surface area (Å²) in [6, 6.07) is 33.1. The first-order chi connectivity index (χ1) is 15.5. The first kappa shape index (κ1) is 26.2. The van der Waals surface area contributed by atoms with Crippen LogP contribution in [0.4, 0.5) is 0 Å². The van der Waals surface area contributed by atoms with Crippen molar-refractivity contribution >= 4 is 11.1 Å². The molecule has 0 aromatic heterocycles. The Bertz CT molecular complexity index is 997. The molecular formula is C29H31FeNO2-6. The number of benzene rings is 2. The van der Waals surface area contributed by atoms with E-state index in [2.05, 4.69) is 43.3 Å². The van der Waals surface area contributed by atoms with Crippen LogP contribution in [0.3, 0.4) is 0 Å². The van der Waals surface area contributed by atoms with E-state index in [9.17, 15) is 10.2 Å². The third kappa shape index (κ3) is 8.11. The molecule has 178 valence electrons. The summed E-state index contributed by atoms with van der Waals surface area (Å²) in [5.74, 6) is 0.512. The number of allylic oxidation sites excluding steroid dienone is 1. The molecule has 0 amide bonds. The number of phenolic OH excluding ortho intramolecular Hbond substituents is 2. The predicted octanol–water partition coefficient (Wildman–Crippen LogP) is 6.52. The molecular weight excluding hydrogens is 450 g/mol. The molecule has 0 saturated heterocycles. The summed E-state index contributed by atoms with van der Waals surface area (Å²) in [5.41, 5.74) is 5.74. The van der Waals surface area contributed by atoms with Crippen LogP contribution in [0.15, 0.2) is 103 Å². The van der Waals surface area contributed by atoms with E-state index >= 15 is 0 Å². The zero-order valence-corrected chi connectivity index (χ0v) is 20.2. The van der Waals surface area contributed by atoms with E-state index < -0.39 is 0 Å². The van der Waals surface area contributed by atoms with Crippen molar-refractivity contribution in [1.29, 1.82) is 0 Å². The molecule has 4 heteroatoms. The Morgan fingerprint density at radius 3 is 1.58 bits per heavy atom. The Balaban J connectivity index is 0.000000568. The molecule has 0 atom stereocenters. The Hall–Kier alpha value is -3.04. The second kappa shape index (κ2) is 13.5. The van der Waals surface area contributed by atoms with Crippen molar-refractivity contribution in [2.45, 2.75) is 12.8 Å². The predicted molar refractivity (Wildman–Crippen MR) is 134 cm³/mol. The van der Waals surface area contributed by atoms with Gasteiger partial charge in [-0.2, -0.15) is 12.1 Å². The topological polar surface area (TPSA) is 43.7 Å². The number of rotatable bonds is 7. The van der Waals surface area contributed by atoms with E-state index in [0.29, 0.717) is 0 Å². The van der Waals surface area contributed by atoms with Gasteiger partial charge in [-0.1, -0.05) is 41.0 Å². The number of phenols is 2. The monoisotopic (exact) mass is 481 g/mol.